The van der Waals surface area contributed by atoms with Gasteiger partial charge in [0.25, 0.3) is 0 Å². The van der Waals surface area contributed by atoms with E-state index in [2.05, 4.69) is 44.1 Å². The van der Waals surface area contributed by atoms with E-state index in [0.29, 0.717) is 6.04 Å². The van der Waals surface area contributed by atoms with Gasteiger partial charge in [-0.3, -0.25) is 9.89 Å². The Labute approximate surface area is 169 Å². The first-order chi connectivity index (χ1) is 13.8. The number of rotatable bonds is 8. The van der Waals surface area contributed by atoms with Crippen molar-refractivity contribution in [2.45, 2.75) is 65.0 Å². The number of hydrogen-bond acceptors (Lipinski definition) is 5. The molecule has 1 saturated heterocycles. The molecule has 0 aliphatic carbocycles. The van der Waals surface area contributed by atoms with Crippen LogP contribution in [0.2, 0.25) is 0 Å². The molecule has 0 spiro atoms. The number of aromatic nitrogens is 3. The van der Waals surface area contributed by atoms with E-state index < -0.39 is 0 Å². The number of aryl methyl sites for hydroxylation is 2. The molecule has 1 unspecified atom stereocenters. The lowest BCUT2D eigenvalue weighted by Gasteiger charge is -2.31. The molecule has 2 aliphatic rings. The number of aliphatic imine (C=N–C) groups is 1. The molecular weight excluding hydrogens is 354 g/mol. The monoisotopic (exact) mass is 391 g/mol. The molecule has 2 aliphatic heterocycles. The van der Waals surface area contributed by atoms with Gasteiger partial charge in [-0.05, 0) is 33.1 Å². The third kappa shape index (κ3) is 6.17. The van der Waals surface area contributed by atoms with Crippen LogP contribution < -0.4 is 10.6 Å². The van der Waals surface area contributed by atoms with Crippen LogP contribution >= 0.6 is 0 Å². The number of fused-ring (bicyclic) bond motifs is 1. The average Bonchev–Trinajstić information content (AvgIpc) is 2.95. The van der Waals surface area contributed by atoms with Crippen molar-refractivity contribution in [3.8, 4) is 0 Å². The molecule has 8 nitrogen and oxygen atoms in total. The lowest BCUT2D eigenvalue weighted by Crippen LogP contribution is -2.44. The van der Waals surface area contributed by atoms with Crippen LogP contribution in [0.4, 0.5) is 0 Å². The molecule has 8 heteroatoms. The van der Waals surface area contributed by atoms with Crippen molar-refractivity contribution >= 4 is 5.96 Å². The Kier molecular flexibility index (Phi) is 8.54. The van der Waals surface area contributed by atoms with Gasteiger partial charge in [-0.15, -0.1) is 10.2 Å². The molecule has 1 atom stereocenters. The Morgan fingerprint density at radius 1 is 1.14 bits per heavy atom. The number of nitrogens with zero attached hydrogens (tertiary/aromatic N) is 5. The summed E-state index contributed by atoms with van der Waals surface area (Å²) in [6, 6.07) is 0.436. The maximum Gasteiger partial charge on any atom is 0.191 e. The summed E-state index contributed by atoms with van der Waals surface area (Å²) in [5.41, 5.74) is 0. The smallest absolute Gasteiger partial charge is 0.191 e. The quantitative estimate of drug-likeness (QED) is 0.394. The fourth-order valence-electron chi connectivity index (χ4n) is 3.88. The highest BCUT2D eigenvalue weighted by Crippen LogP contribution is 2.15. The predicted octanol–water partition coefficient (Wildman–Crippen LogP) is 1.21. The summed E-state index contributed by atoms with van der Waals surface area (Å²) in [5.74, 6) is 3.22. The molecule has 3 heterocycles. The summed E-state index contributed by atoms with van der Waals surface area (Å²) in [5, 5.41) is 15.7. The first-order valence-electron chi connectivity index (χ1n) is 11.0. The zero-order chi connectivity index (χ0) is 19.6. The molecule has 1 aromatic rings. The second-order valence-corrected chi connectivity index (χ2v) is 7.74. The van der Waals surface area contributed by atoms with Gasteiger partial charge in [0, 0.05) is 51.6 Å². The first kappa shape index (κ1) is 21.0. The van der Waals surface area contributed by atoms with Crippen LogP contribution in [0.5, 0.6) is 0 Å². The van der Waals surface area contributed by atoms with Gasteiger partial charge in [0.2, 0.25) is 0 Å². The van der Waals surface area contributed by atoms with Gasteiger partial charge in [-0.1, -0.05) is 6.42 Å². The maximum atomic E-state index is 5.44. The van der Waals surface area contributed by atoms with E-state index in [0.717, 1.165) is 83.5 Å². The Morgan fingerprint density at radius 3 is 2.82 bits per heavy atom. The zero-order valence-corrected chi connectivity index (χ0v) is 17.6. The van der Waals surface area contributed by atoms with E-state index in [9.17, 15) is 0 Å². The van der Waals surface area contributed by atoms with Gasteiger partial charge in [0.15, 0.2) is 5.96 Å². The molecule has 158 valence electrons. The van der Waals surface area contributed by atoms with Crippen molar-refractivity contribution in [3.05, 3.63) is 11.6 Å². The van der Waals surface area contributed by atoms with Crippen LogP contribution in [0.3, 0.4) is 0 Å². The zero-order valence-electron chi connectivity index (χ0n) is 17.6. The Hall–Kier alpha value is -1.67. The minimum absolute atomic E-state index is 0.436. The fourth-order valence-corrected chi connectivity index (χ4v) is 3.88. The predicted molar refractivity (Wildman–Crippen MR) is 112 cm³/mol. The van der Waals surface area contributed by atoms with Crippen LogP contribution in [-0.4, -0.2) is 77.6 Å². The highest BCUT2D eigenvalue weighted by Gasteiger charge is 2.17. The third-order valence-electron chi connectivity index (χ3n) is 5.58. The summed E-state index contributed by atoms with van der Waals surface area (Å²) in [6.07, 6.45) is 6.85. The number of hydrogen-bond donors (Lipinski definition) is 2. The van der Waals surface area contributed by atoms with Crippen molar-refractivity contribution in [1.82, 2.24) is 30.3 Å². The van der Waals surface area contributed by atoms with Crippen LogP contribution in [0.1, 0.15) is 51.2 Å². The fraction of sp³-hybridized carbons (Fsp3) is 0.850. The van der Waals surface area contributed by atoms with Crippen molar-refractivity contribution in [2.75, 3.05) is 45.9 Å². The highest BCUT2D eigenvalue weighted by atomic mass is 16.5. The van der Waals surface area contributed by atoms with Crippen LogP contribution in [-0.2, 0) is 24.1 Å². The molecule has 3 rings (SSSR count). The van der Waals surface area contributed by atoms with E-state index in [-0.39, 0.29) is 0 Å². The molecule has 0 radical (unpaired) electrons. The van der Waals surface area contributed by atoms with E-state index in [1.807, 2.05) is 0 Å². The van der Waals surface area contributed by atoms with Crippen molar-refractivity contribution in [1.29, 1.82) is 0 Å². The molecule has 28 heavy (non-hydrogen) atoms. The molecule has 0 aromatic carbocycles. The summed E-state index contributed by atoms with van der Waals surface area (Å²) in [4.78, 5) is 7.24. The van der Waals surface area contributed by atoms with Gasteiger partial charge < -0.3 is 19.9 Å². The first-order valence-corrected chi connectivity index (χ1v) is 11.0. The minimum atomic E-state index is 0.436. The van der Waals surface area contributed by atoms with Gasteiger partial charge >= 0.3 is 0 Å². The summed E-state index contributed by atoms with van der Waals surface area (Å²) < 4.78 is 7.78. The molecular formula is C20H37N7O. The van der Waals surface area contributed by atoms with Crippen LogP contribution in [0.25, 0.3) is 0 Å². The topological polar surface area (TPSA) is 79.6 Å². The van der Waals surface area contributed by atoms with E-state index in [1.165, 1.54) is 25.1 Å². The van der Waals surface area contributed by atoms with Crippen molar-refractivity contribution in [2.24, 2.45) is 4.99 Å². The van der Waals surface area contributed by atoms with Gasteiger partial charge in [-0.25, -0.2) is 0 Å². The minimum Gasteiger partial charge on any atom is -0.379 e. The number of nitrogens with one attached hydrogen (secondary N) is 2. The molecule has 2 N–H and O–H groups in total. The molecule has 0 bridgehead atoms. The third-order valence-corrected chi connectivity index (χ3v) is 5.58. The second kappa shape index (κ2) is 11.4. The Balaban J connectivity index is 1.42. The molecule has 0 saturated carbocycles. The SMILES string of the molecule is CCNC(=NCC(C)N1CCOCC1)NCCCc1nnc2n1CCCCC2. The van der Waals surface area contributed by atoms with Crippen molar-refractivity contribution < 1.29 is 4.74 Å². The lowest BCUT2D eigenvalue weighted by molar-refractivity contribution is 0.0220. The van der Waals surface area contributed by atoms with E-state index in [4.69, 9.17) is 9.73 Å². The van der Waals surface area contributed by atoms with E-state index in [1.54, 1.807) is 0 Å². The van der Waals surface area contributed by atoms with Crippen LogP contribution in [0, 0.1) is 0 Å². The number of morpholine rings is 1. The normalized spacial score (nSPS) is 19.7. The molecule has 1 fully saturated rings. The summed E-state index contributed by atoms with van der Waals surface area (Å²) >= 11 is 0. The number of guanidine groups is 1. The standard InChI is InChI=1S/C20H37N7O/c1-3-21-20(23-16-17(2)26-12-14-28-15-13-26)22-10-7-9-19-25-24-18-8-5-4-6-11-27(18)19/h17H,3-16H2,1-2H3,(H2,21,22,23). The number of ether oxygens (including phenoxy) is 1. The van der Waals surface area contributed by atoms with Gasteiger partial charge in [-0.2, -0.15) is 0 Å². The Bertz CT molecular complexity index is 610. The molecule has 1 aromatic heterocycles. The maximum absolute atomic E-state index is 5.44. The summed E-state index contributed by atoms with van der Waals surface area (Å²) in [7, 11) is 0. The highest BCUT2D eigenvalue weighted by molar-refractivity contribution is 5.79. The van der Waals surface area contributed by atoms with E-state index >= 15 is 0 Å². The van der Waals surface area contributed by atoms with Crippen molar-refractivity contribution in [3.63, 3.8) is 0 Å². The average molecular weight is 392 g/mol. The van der Waals surface area contributed by atoms with Gasteiger partial charge in [0.05, 0.1) is 19.8 Å². The van der Waals surface area contributed by atoms with Crippen LogP contribution in [0.15, 0.2) is 4.99 Å². The second-order valence-electron chi connectivity index (χ2n) is 7.74. The molecule has 0 amide bonds. The summed E-state index contributed by atoms with van der Waals surface area (Å²) in [6.45, 7) is 11.7. The van der Waals surface area contributed by atoms with Gasteiger partial charge in [0.1, 0.15) is 11.6 Å². The largest absolute Gasteiger partial charge is 0.379 e. The Morgan fingerprint density at radius 2 is 2.00 bits per heavy atom. The lowest BCUT2D eigenvalue weighted by atomic mass is 10.2.